The number of benzene rings is 2. The monoisotopic (exact) mass is 358 g/mol. The van der Waals surface area contributed by atoms with Crippen LogP contribution in [0.2, 0.25) is 0 Å². The summed E-state index contributed by atoms with van der Waals surface area (Å²) in [5.74, 6) is 0. The van der Waals surface area contributed by atoms with Crippen LogP contribution in [0.25, 0.3) is 0 Å². The van der Waals surface area contributed by atoms with Crippen LogP contribution in [0.15, 0.2) is 65.7 Å². The van der Waals surface area contributed by atoms with Crippen LogP contribution in [-0.2, 0) is 5.60 Å². The van der Waals surface area contributed by atoms with Gasteiger partial charge in [0.05, 0.1) is 5.54 Å². The van der Waals surface area contributed by atoms with Crippen LogP contribution < -0.4 is 29.3 Å². The largest absolute Gasteiger partial charge is 1.00 e. The van der Waals surface area contributed by atoms with E-state index in [1.807, 2.05) is 81.4 Å². The van der Waals surface area contributed by atoms with Gasteiger partial charge in [-0.3, -0.25) is 4.99 Å². The topological polar surface area (TPSA) is 47.5 Å². The molecule has 27 heavy (non-hydrogen) atoms. The molecule has 0 radical (unpaired) electrons. The molecule has 0 spiro atoms. The number of hydrogen-bond acceptors (Lipinski definition) is 3. The Hall–Kier alpha value is -1.37. The maximum atomic E-state index is 14.4. The summed E-state index contributed by atoms with van der Waals surface area (Å²) in [7, 11) is 0. The average Bonchev–Trinajstić information content (AvgIpc) is 2.58. The summed E-state index contributed by atoms with van der Waals surface area (Å²) in [5.41, 5.74) is -0.494. The smallest absolute Gasteiger partial charge is 0.841 e. The Labute approximate surface area is 176 Å². The molecule has 3 nitrogen and oxygen atoms in total. The van der Waals surface area contributed by atoms with E-state index in [-0.39, 0.29) is 29.9 Å². The van der Waals surface area contributed by atoms with Crippen LogP contribution in [-0.4, -0.2) is 23.3 Å². The van der Waals surface area contributed by atoms with Crippen molar-refractivity contribution in [3.63, 3.8) is 0 Å². The molecular weight excluding hydrogens is 327 g/mol. The van der Waals surface area contributed by atoms with Gasteiger partial charge >= 0.3 is 18.9 Å². The van der Waals surface area contributed by atoms with Crippen molar-refractivity contribution >= 4 is 6.21 Å². The summed E-state index contributed by atoms with van der Waals surface area (Å²) < 4.78 is 0. The van der Waals surface area contributed by atoms with E-state index in [1.165, 1.54) is 0 Å². The SMILES string of the molecule is CC(C)(C)N=CC(NC(C)(C)C)C([O-])(c1ccccc1)c1ccccc1.[Li+]. The first-order valence-corrected chi connectivity index (χ1v) is 9.17. The van der Waals surface area contributed by atoms with Gasteiger partial charge in [-0.05, 0) is 47.1 Å². The third kappa shape index (κ3) is 6.62. The fourth-order valence-corrected chi connectivity index (χ4v) is 2.91. The van der Waals surface area contributed by atoms with Gasteiger partial charge in [-0.25, -0.2) is 0 Å². The zero-order valence-electron chi connectivity index (χ0n) is 17.8. The Balaban J connectivity index is 0.00000364. The van der Waals surface area contributed by atoms with Crippen molar-refractivity contribution in [2.45, 2.75) is 64.3 Å². The first-order chi connectivity index (χ1) is 12.0. The van der Waals surface area contributed by atoms with Gasteiger partial charge in [0.1, 0.15) is 0 Å². The van der Waals surface area contributed by atoms with E-state index >= 15 is 0 Å². The van der Waals surface area contributed by atoms with Crippen molar-refractivity contribution < 1.29 is 24.0 Å². The quantitative estimate of drug-likeness (QED) is 0.638. The second-order valence-corrected chi connectivity index (χ2v) is 8.79. The fraction of sp³-hybridized carbons (Fsp3) is 0.435. The van der Waals surface area contributed by atoms with E-state index in [9.17, 15) is 5.11 Å². The predicted molar refractivity (Wildman–Crippen MR) is 109 cm³/mol. The molecule has 0 aliphatic rings. The molecule has 0 aromatic heterocycles. The van der Waals surface area contributed by atoms with Crippen molar-refractivity contribution in [3.05, 3.63) is 71.8 Å². The molecule has 0 aliphatic heterocycles. The molecule has 2 aromatic rings. The molecule has 4 heteroatoms. The first kappa shape index (κ1) is 23.7. The molecular formula is C23H31LiN2O. The zero-order chi connectivity index (χ0) is 19.4. The fourth-order valence-electron chi connectivity index (χ4n) is 2.91. The van der Waals surface area contributed by atoms with E-state index in [0.717, 1.165) is 11.1 Å². The molecule has 0 aliphatic carbocycles. The van der Waals surface area contributed by atoms with E-state index in [2.05, 4.69) is 31.1 Å². The van der Waals surface area contributed by atoms with Crippen molar-refractivity contribution in [2.75, 3.05) is 0 Å². The molecule has 0 saturated carbocycles. The average molecular weight is 358 g/mol. The van der Waals surface area contributed by atoms with Gasteiger partial charge in [0.25, 0.3) is 0 Å². The maximum Gasteiger partial charge on any atom is 1.00 e. The molecule has 0 bridgehead atoms. The molecule has 2 aromatic carbocycles. The van der Waals surface area contributed by atoms with Gasteiger partial charge in [0.15, 0.2) is 0 Å². The van der Waals surface area contributed by atoms with Gasteiger partial charge in [-0.2, -0.15) is 0 Å². The second kappa shape index (κ2) is 9.21. The normalized spacial score (nSPS) is 14.0. The van der Waals surface area contributed by atoms with Crippen LogP contribution in [0, 0.1) is 0 Å². The van der Waals surface area contributed by atoms with Crippen LogP contribution in [0.5, 0.6) is 0 Å². The van der Waals surface area contributed by atoms with E-state index in [0.29, 0.717) is 0 Å². The van der Waals surface area contributed by atoms with Gasteiger partial charge < -0.3 is 10.4 Å². The molecule has 1 unspecified atom stereocenters. The Morgan fingerprint density at radius 2 is 1.22 bits per heavy atom. The number of hydrogen-bond donors (Lipinski definition) is 1. The molecule has 1 N–H and O–H groups in total. The number of aliphatic imine (C=N–C) groups is 1. The Morgan fingerprint density at radius 3 is 1.56 bits per heavy atom. The molecule has 0 saturated heterocycles. The summed E-state index contributed by atoms with van der Waals surface area (Å²) in [6.45, 7) is 12.3. The summed E-state index contributed by atoms with van der Waals surface area (Å²) >= 11 is 0. The molecule has 0 fully saturated rings. The maximum absolute atomic E-state index is 14.4. The van der Waals surface area contributed by atoms with Crippen molar-refractivity contribution in [3.8, 4) is 0 Å². The third-order valence-corrected chi connectivity index (χ3v) is 4.04. The summed E-state index contributed by atoms with van der Waals surface area (Å²) in [5, 5.41) is 18.0. The Morgan fingerprint density at radius 1 is 0.815 bits per heavy atom. The number of rotatable bonds is 5. The Bertz CT molecular complexity index is 676. The minimum Gasteiger partial charge on any atom is -0.841 e. The van der Waals surface area contributed by atoms with E-state index in [4.69, 9.17) is 0 Å². The molecule has 1 atom stereocenters. The third-order valence-electron chi connectivity index (χ3n) is 4.04. The first-order valence-electron chi connectivity index (χ1n) is 9.17. The predicted octanol–water partition coefficient (Wildman–Crippen LogP) is 0.921. The van der Waals surface area contributed by atoms with Gasteiger partial charge in [0.2, 0.25) is 0 Å². The van der Waals surface area contributed by atoms with Crippen molar-refractivity contribution in [2.24, 2.45) is 4.99 Å². The van der Waals surface area contributed by atoms with Crippen LogP contribution in [0.1, 0.15) is 52.7 Å². The number of nitrogens with zero attached hydrogens (tertiary/aromatic N) is 1. The molecule has 2 rings (SSSR count). The minimum absolute atomic E-state index is 0. The standard InChI is InChI=1S/C23H31N2O.Li/c1-21(2,3)24-17-20(25-22(4,5)6)23(26,18-13-9-7-10-14-18)19-15-11-8-12-16-19;/h7-17,20,25H,1-6H3;/q-1;+1. The summed E-state index contributed by atoms with van der Waals surface area (Å²) in [6, 6.07) is 18.7. The van der Waals surface area contributed by atoms with Gasteiger partial charge in [-0.1, -0.05) is 71.8 Å². The van der Waals surface area contributed by atoms with Crippen molar-refractivity contribution in [1.29, 1.82) is 0 Å². The van der Waals surface area contributed by atoms with E-state index in [1.54, 1.807) is 6.21 Å². The summed E-state index contributed by atoms with van der Waals surface area (Å²) in [6.07, 6.45) is 1.80. The minimum atomic E-state index is -1.48. The molecule has 140 valence electrons. The van der Waals surface area contributed by atoms with Gasteiger partial charge in [-0.15, -0.1) is 0 Å². The zero-order valence-corrected chi connectivity index (χ0v) is 17.8. The van der Waals surface area contributed by atoms with Crippen LogP contribution in [0.3, 0.4) is 0 Å². The summed E-state index contributed by atoms with van der Waals surface area (Å²) in [4.78, 5) is 4.67. The van der Waals surface area contributed by atoms with E-state index < -0.39 is 11.6 Å². The molecule has 0 amide bonds. The van der Waals surface area contributed by atoms with Crippen LogP contribution >= 0.6 is 0 Å². The van der Waals surface area contributed by atoms with Crippen LogP contribution in [0.4, 0.5) is 0 Å². The van der Waals surface area contributed by atoms with Crippen molar-refractivity contribution in [1.82, 2.24) is 5.32 Å². The number of nitrogens with one attached hydrogen (secondary N) is 1. The second-order valence-electron chi connectivity index (χ2n) is 8.79. The van der Waals surface area contributed by atoms with Gasteiger partial charge in [0, 0.05) is 17.8 Å². The molecule has 0 heterocycles. The Kier molecular flexibility index (Phi) is 8.08.